The van der Waals surface area contributed by atoms with Crippen molar-refractivity contribution in [2.45, 2.75) is 0 Å². The summed E-state index contributed by atoms with van der Waals surface area (Å²) in [4.78, 5) is 8.71. The predicted molar refractivity (Wildman–Crippen MR) is 43.6 cm³/mol. The molecule has 1 aromatic rings. The summed E-state index contributed by atoms with van der Waals surface area (Å²) in [6.07, 6.45) is 0. The lowest BCUT2D eigenvalue weighted by Gasteiger charge is -1.98. The fourth-order valence-electron chi connectivity index (χ4n) is 0.711. The second-order valence-electron chi connectivity index (χ2n) is 1.94. The third-order valence-electron chi connectivity index (χ3n) is 1.30. The van der Waals surface area contributed by atoms with Gasteiger partial charge in [0.2, 0.25) is 0 Å². The van der Waals surface area contributed by atoms with Crippen LogP contribution in [0.15, 0.2) is 24.3 Å². The molecule has 52 valence electrons. The first kappa shape index (κ1) is 7.31. The minimum absolute atomic E-state index is 0.1000. The molecule has 0 aromatic heterocycles. The molecule has 0 aliphatic carbocycles. The van der Waals surface area contributed by atoms with Crippen LogP contribution in [0.5, 0.6) is 0 Å². The molecule has 0 aliphatic heterocycles. The largest absolute Gasteiger partial charge is 0.428 e. The van der Waals surface area contributed by atoms with Crippen molar-refractivity contribution in [3.05, 3.63) is 24.3 Å². The zero-order valence-electron chi connectivity index (χ0n) is 5.76. The van der Waals surface area contributed by atoms with Crippen LogP contribution in [0.25, 0.3) is 0 Å². The van der Waals surface area contributed by atoms with Gasteiger partial charge in [0, 0.05) is 12.7 Å². The van der Waals surface area contributed by atoms with Crippen molar-refractivity contribution in [3.63, 3.8) is 0 Å². The minimum atomic E-state index is -0.1000. The molecule has 0 heterocycles. The van der Waals surface area contributed by atoms with Crippen LogP contribution >= 0.6 is 0 Å². The molecule has 10 heavy (non-hydrogen) atoms. The average molecular weight is 151 g/mol. The molecule has 0 bridgehead atoms. The quantitative estimate of drug-likeness (QED) is 0.582. The van der Waals surface area contributed by atoms with Gasteiger partial charge in [0.1, 0.15) is 0 Å². The van der Waals surface area contributed by atoms with E-state index in [1.807, 2.05) is 31.3 Å². The Bertz CT molecular complexity index is 174. The highest BCUT2D eigenvalue weighted by atomic mass is 28.2. The molecule has 2 radical (unpaired) electrons. The monoisotopic (exact) mass is 151 g/mol. The van der Waals surface area contributed by atoms with Gasteiger partial charge in [-0.05, 0) is 17.3 Å². The van der Waals surface area contributed by atoms with E-state index in [9.17, 15) is 0 Å². The Kier molecular flexibility index (Phi) is 2.47. The summed E-state index contributed by atoms with van der Waals surface area (Å²) in [7, 11) is 1.77. The van der Waals surface area contributed by atoms with Crippen molar-refractivity contribution in [2.24, 2.45) is 0 Å². The van der Waals surface area contributed by atoms with E-state index in [2.05, 4.69) is 5.32 Å². The highest BCUT2D eigenvalue weighted by Gasteiger charge is 1.90. The average Bonchev–Trinajstić information content (AvgIpc) is 2.05. The molecular weight excluding hydrogens is 142 g/mol. The van der Waals surface area contributed by atoms with Gasteiger partial charge in [-0.3, -0.25) is 0 Å². The van der Waals surface area contributed by atoms with E-state index in [1.165, 1.54) is 0 Å². The summed E-state index contributed by atoms with van der Waals surface area (Å²) in [6, 6.07) is 7.70. The first-order valence-corrected chi connectivity index (χ1v) is 3.99. The van der Waals surface area contributed by atoms with Gasteiger partial charge in [-0.1, -0.05) is 12.1 Å². The third-order valence-corrected chi connectivity index (χ3v) is 1.89. The molecule has 0 amide bonds. The van der Waals surface area contributed by atoms with E-state index in [1.54, 1.807) is 0 Å². The van der Waals surface area contributed by atoms with Gasteiger partial charge in [0.25, 0.3) is 9.76 Å². The van der Waals surface area contributed by atoms with Gasteiger partial charge in [-0.2, -0.15) is 0 Å². The Morgan fingerprint density at radius 3 is 2.30 bits per heavy atom. The molecule has 0 saturated carbocycles. The summed E-state index contributed by atoms with van der Waals surface area (Å²) in [5.74, 6) is 0. The summed E-state index contributed by atoms with van der Waals surface area (Å²) in [5.41, 5.74) is 1.07. The Morgan fingerprint density at radius 2 is 1.90 bits per heavy atom. The van der Waals surface area contributed by atoms with Gasteiger partial charge in [-0.25, -0.2) is 0 Å². The highest BCUT2D eigenvalue weighted by Crippen LogP contribution is 2.00. The third kappa shape index (κ3) is 1.59. The maximum Gasteiger partial charge on any atom is 0.265 e. The van der Waals surface area contributed by atoms with Crippen LogP contribution in [-0.4, -0.2) is 21.6 Å². The molecule has 3 heteroatoms. The fourth-order valence-corrected chi connectivity index (χ4v) is 1.03. The highest BCUT2D eigenvalue weighted by molar-refractivity contribution is 6.45. The summed E-state index contributed by atoms with van der Waals surface area (Å²) >= 11 is 0. The van der Waals surface area contributed by atoms with Gasteiger partial charge in [-0.15, -0.1) is 0 Å². The van der Waals surface area contributed by atoms with Gasteiger partial charge in [0.05, 0.1) is 0 Å². The summed E-state index contributed by atoms with van der Waals surface area (Å²) in [6.45, 7) is 0. The van der Waals surface area contributed by atoms with Crippen molar-refractivity contribution >= 4 is 20.6 Å². The molecule has 0 aliphatic rings. The number of nitrogens with one attached hydrogen (secondary N) is 1. The van der Waals surface area contributed by atoms with Crippen molar-refractivity contribution in [1.82, 2.24) is 0 Å². The van der Waals surface area contributed by atoms with Crippen molar-refractivity contribution in [1.29, 1.82) is 0 Å². The van der Waals surface area contributed by atoms with Crippen LogP contribution in [0.3, 0.4) is 0 Å². The normalized spacial score (nSPS) is 9.40. The molecule has 0 saturated heterocycles. The molecule has 0 unspecified atom stereocenters. The number of benzene rings is 1. The van der Waals surface area contributed by atoms with Gasteiger partial charge in [0.15, 0.2) is 0 Å². The van der Waals surface area contributed by atoms with Crippen molar-refractivity contribution in [3.8, 4) is 0 Å². The molecule has 2 N–H and O–H groups in total. The molecule has 2 nitrogen and oxygen atoms in total. The Labute approximate surface area is 62.8 Å². The fraction of sp³-hybridized carbons (Fsp3) is 0.143. The molecule has 1 aromatic carbocycles. The summed E-state index contributed by atoms with van der Waals surface area (Å²) in [5, 5.41) is 3.97. The Balaban J connectivity index is 2.80. The lowest BCUT2D eigenvalue weighted by Crippen LogP contribution is -2.12. The second-order valence-corrected chi connectivity index (χ2v) is 2.74. The van der Waals surface area contributed by atoms with E-state index in [0.29, 0.717) is 0 Å². The van der Waals surface area contributed by atoms with Crippen LogP contribution in [0, 0.1) is 0 Å². The maximum atomic E-state index is 8.71. The zero-order chi connectivity index (χ0) is 7.40. The SMILES string of the molecule is CNc1ccc([Si]O)cc1. The van der Waals surface area contributed by atoms with Crippen LogP contribution in [0.1, 0.15) is 0 Å². The molecule has 0 spiro atoms. The molecule has 0 atom stereocenters. The van der Waals surface area contributed by atoms with E-state index in [0.717, 1.165) is 10.9 Å². The van der Waals surface area contributed by atoms with E-state index in [4.69, 9.17) is 4.80 Å². The van der Waals surface area contributed by atoms with Crippen molar-refractivity contribution in [2.75, 3.05) is 12.4 Å². The number of rotatable bonds is 2. The van der Waals surface area contributed by atoms with E-state index >= 15 is 0 Å². The lowest BCUT2D eigenvalue weighted by atomic mass is 10.3. The number of anilines is 1. The number of hydrogen-bond acceptors (Lipinski definition) is 2. The predicted octanol–water partition coefficient (Wildman–Crippen LogP) is -0.0349. The van der Waals surface area contributed by atoms with Crippen LogP contribution < -0.4 is 10.5 Å². The topological polar surface area (TPSA) is 32.3 Å². The lowest BCUT2D eigenvalue weighted by molar-refractivity contribution is 0.615. The van der Waals surface area contributed by atoms with Crippen LogP contribution in [0.4, 0.5) is 5.69 Å². The van der Waals surface area contributed by atoms with Crippen LogP contribution in [-0.2, 0) is 0 Å². The number of hydrogen-bond donors (Lipinski definition) is 2. The standard InChI is InChI=1S/C7H9NOSi/c1-8-6-2-4-7(10-9)5-3-6/h2-5,8-9H,1H3. The Morgan fingerprint density at radius 1 is 1.30 bits per heavy atom. The van der Waals surface area contributed by atoms with E-state index in [-0.39, 0.29) is 9.76 Å². The van der Waals surface area contributed by atoms with E-state index < -0.39 is 0 Å². The first-order valence-electron chi connectivity index (χ1n) is 3.04. The summed E-state index contributed by atoms with van der Waals surface area (Å²) < 4.78 is 0. The maximum absolute atomic E-state index is 8.71. The molecule has 1 rings (SSSR count). The van der Waals surface area contributed by atoms with Gasteiger partial charge < -0.3 is 10.1 Å². The smallest absolute Gasteiger partial charge is 0.265 e. The first-order chi connectivity index (χ1) is 4.86. The Hall–Kier alpha value is -0.803. The second kappa shape index (κ2) is 3.39. The van der Waals surface area contributed by atoms with Gasteiger partial charge >= 0.3 is 0 Å². The molecule has 0 fully saturated rings. The zero-order valence-corrected chi connectivity index (χ0v) is 6.76. The van der Waals surface area contributed by atoms with Crippen molar-refractivity contribution < 1.29 is 4.80 Å². The molecular formula is C7H9NOSi. The minimum Gasteiger partial charge on any atom is -0.428 e. The van der Waals surface area contributed by atoms with Crippen LogP contribution in [0.2, 0.25) is 0 Å².